The SMILES string of the molecule is CC(C)(C)OC(=O)N1CCN(c2ccccc2CNC(=O)c2cn3c(N)nc4c(F)cccc4c3n2)CC1. The van der Waals surface area contributed by atoms with Crippen LogP contribution in [0.3, 0.4) is 0 Å². The number of amides is 2. The fourth-order valence-corrected chi connectivity index (χ4v) is 4.52. The molecule has 0 unspecified atom stereocenters. The number of nitrogen functional groups attached to an aromatic ring is 1. The van der Waals surface area contributed by atoms with Crippen molar-refractivity contribution in [1.82, 2.24) is 24.6 Å². The number of hydrogen-bond donors (Lipinski definition) is 2. The predicted molar refractivity (Wildman–Crippen MR) is 142 cm³/mol. The lowest BCUT2D eigenvalue weighted by molar-refractivity contribution is 0.0240. The van der Waals surface area contributed by atoms with Crippen molar-refractivity contribution >= 4 is 40.2 Å². The summed E-state index contributed by atoms with van der Waals surface area (Å²) >= 11 is 0. The number of benzene rings is 2. The Hall–Kier alpha value is -4.41. The summed E-state index contributed by atoms with van der Waals surface area (Å²) in [5.41, 5.74) is 8.01. The lowest BCUT2D eigenvalue weighted by atomic mass is 10.1. The maximum Gasteiger partial charge on any atom is 0.410 e. The zero-order chi connectivity index (χ0) is 27.0. The van der Waals surface area contributed by atoms with E-state index in [0.29, 0.717) is 37.2 Å². The number of aromatic nitrogens is 3. The van der Waals surface area contributed by atoms with E-state index in [9.17, 15) is 14.0 Å². The van der Waals surface area contributed by atoms with Crippen molar-refractivity contribution in [2.45, 2.75) is 32.9 Å². The Bertz CT molecular complexity index is 1520. The monoisotopic (exact) mass is 519 g/mol. The number of halogens is 1. The molecular formula is C27H30FN7O3. The molecule has 3 heterocycles. The van der Waals surface area contributed by atoms with Gasteiger partial charge in [0.2, 0.25) is 5.95 Å². The van der Waals surface area contributed by atoms with Crippen molar-refractivity contribution in [3.05, 3.63) is 65.7 Å². The zero-order valence-corrected chi connectivity index (χ0v) is 21.6. The number of para-hydroxylation sites is 2. The Morgan fingerprint density at radius 2 is 1.79 bits per heavy atom. The largest absolute Gasteiger partial charge is 0.444 e. The molecule has 2 aromatic heterocycles. The van der Waals surface area contributed by atoms with Crippen molar-refractivity contribution in [3.8, 4) is 0 Å². The van der Waals surface area contributed by atoms with Gasteiger partial charge in [-0.15, -0.1) is 0 Å². The van der Waals surface area contributed by atoms with Crippen molar-refractivity contribution in [3.63, 3.8) is 0 Å². The van der Waals surface area contributed by atoms with Gasteiger partial charge in [0.15, 0.2) is 0 Å². The normalized spacial score (nSPS) is 14.2. The number of carbonyl (C=O) groups is 2. The number of nitrogens with one attached hydrogen (secondary N) is 1. The Kier molecular flexibility index (Phi) is 6.52. The van der Waals surface area contributed by atoms with Crippen LogP contribution in [0.2, 0.25) is 0 Å². The Balaban J connectivity index is 1.28. The molecule has 2 aromatic carbocycles. The first-order valence-corrected chi connectivity index (χ1v) is 12.4. The highest BCUT2D eigenvalue weighted by molar-refractivity contribution is 5.97. The Labute approximate surface area is 219 Å². The van der Waals surface area contributed by atoms with E-state index < -0.39 is 11.4 Å². The van der Waals surface area contributed by atoms with Crippen LogP contribution in [0.15, 0.2) is 48.7 Å². The van der Waals surface area contributed by atoms with E-state index in [1.165, 1.54) is 16.7 Å². The van der Waals surface area contributed by atoms with Gasteiger partial charge in [0.1, 0.15) is 28.3 Å². The first kappa shape index (κ1) is 25.2. The molecule has 198 valence electrons. The number of carbonyl (C=O) groups excluding carboxylic acids is 2. The van der Waals surface area contributed by atoms with E-state index in [2.05, 4.69) is 20.2 Å². The molecule has 1 aliphatic rings. The number of rotatable bonds is 4. The van der Waals surface area contributed by atoms with Gasteiger partial charge in [0.05, 0.1) is 0 Å². The van der Waals surface area contributed by atoms with Crippen LogP contribution in [-0.2, 0) is 11.3 Å². The topological polar surface area (TPSA) is 118 Å². The quantitative estimate of drug-likeness (QED) is 0.423. The van der Waals surface area contributed by atoms with E-state index in [0.717, 1.165) is 11.3 Å². The molecular weight excluding hydrogens is 489 g/mol. The van der Waals surface area contributed by atoms with Gasteiger partial charge in [0, 0.05) is 50.0 Å². The van der Waals surface area contributed by atoms with Gasteiger partial charge in [-0.05, 0) is 44.5 Å². The average Bonchev–Trinajstić information content (AvgIpc) is 3.34. The van der Waals surface area contributed by atoms with Crippen LogP contribution in [0.5, 0.6) is 0 Å². The molecule has 10 nitrogen and oxygen atoms in total. The summed E-state index contributed by atoms with van der Waals surface area (Å²) in [6, 6.07) is 12.4. The summed E-state index contributed by atoms with van der Waals surface area (Å²) in [4.78, 5) is 37.9. The molecule has 2 amide bonds. The molecule has 0 atom stereocenters. The second kappa shape index (κ2) is 9.81. The minimum absolute atomic E-state index is 0.0417. The second-order valence-electron chi connectivity index (χ2n) is 10.2. The average molecular weight is 520 g/mol. The third-order valence-electron chi connectivity index (χ3n) is 6.34. The number of nitrogens with zero attached hydrogens (tertiary/aromatic N) is 5. The van der Waals surface area contributed by atoms with Crippen LogP contribution < -0.4 is 16.0 Å². The first-order valence-electron chi connectivity index (χ1n) is 12.4. The summed E-state index contributed by atoms with van der Waals surface area (Å²) in [5.74, 6) is -0.851. The van der Waals surface area contributed by atoms with Crippen LogP contribution >= 0.6 is 0 Å². The number of nitrogens with two attached hydrogens (primary N) is 1. The standard InChI is InChI=1S/C27H30FN7O3/c1-27(2,3)38-26(37)34-13-11-33(12-14-34)21-10-5-4-7-17(21)15-30-24(36)20-16-35-23(31-20)18-8-6-9-19(28)22(18)32-25(35)29/h4-10,16H,11-15H2,1-3H3,(H2,29,32)(H,30,36). The number of piperazine rings is 1. The van der Waals surface area contributed by atoms with Gasteiger partial charge in [-0.3, -0.25) is 9.20 Å². The third kappa shape index (κ3) is 5.04. The number of anilines is 2. The van der Waals surface area contributed by atoms with E-state index in [1.807, 2.05) is 45.0 Å². The lowest BCUT2D eigenvalue weighted by Crippen LogP contribution is -2.50. The van der Waals surface area contributed by atoms with Crippen molar-refractivity contribution in [2.75, 3.05) is 36.8 Å². The van der Waals surface area contributed by atoms with Crippen LogP contribution in [0.1, 0.15) is 36.8 Å². The molecule has 5 rings (SSSR count). The Morgan fingerprint density at radius 1 is 1.05 bits per heavy atom. The van der Waals surface area contributed by atoms with Crippen molar-refractivity contribution in [2.24, 2.45) is 0 Å². The van der Waals surface area contributed by atoms with E-state index in [4.69, 9.17) is 10.5 Å². The molecule has 3 N–H and O–H groups in total. The van der Waals surface area contributed by atoms with Crippen molar-refractivity contribution in [1.29, 1.82) is 0 Å². The highest BCUT2D eigenvalue weighted by Gasteiger charge is 2.26. The molecule has 0 aliphatic carbocycles. The molecule has 1 saturated heterocycles. The van der Waals surface area contributed by atoms with Crippen LogP contribution in [0, 0.1) is 5.82 Å². The zero-order valence-electron chi connectivity index (χ0n) is 21.6. The second-order valence-corrected chi connectivity index (χ2v) is 10.2. The van der Waals surface area contributed by atoms with Gasteiger partial charge in [-0.25, -0.2) is 19.2 Å². The molecule has 0 bridgehead atoms. The highest BCUT2D eigenvalue weighted by atomic mass is 19.1. The van der Waals surface area contributed by atoms with Gasteiger partial charge in [-0.2, -0.15) is 0 Å². The molecule has 0 radical (unpaired) electrons. The number of hydrogen-bond acceptors (Lipinski definition) is 7. The fraction of sp³-hybridized carbons (Fsp3) is 0.333. The molecule has 1 fully saturated rings. The third-order valence-corrected chi connectivity index (χ3v) is 6.34. The van der Waals surface area contributed by atoms with E-state index in [1.54, 1.807) is 17.0 Å². The summed E-state index contributed by atoms with van der Waals surface area (Å²) in [6.07, 6.45) is 1.19. The number of ether oxygens (including phenoxy) is 1. The van der Waals surface area contributed by atoms with Crippen LogP contribution in [-0.4, -0.2) is 63.0 Å². The van der Waals surface area contributed by atoms with Crippen LogP contribution in [0.4, 0.5) is 20.8 Å². The number of imidazole rings is 1. The van der Waals surface area contributed by atoms with Gasteiger partial charge in [0.25, 0.3) is 5.91 Å². The van der Waals surface area contributed by atoms with E-state index >= 15 is 0 Å². The molecule has 1 aliphatic heterocycles. The Morgan fingerprint density at radius 3 is 2.53 bits per heavy atom. The molecule has 38 heavy (non-hydrogen) atoms. The molecule has 4 aromatic rings. The minimum Gasteiger partial charge on any atom is -0.444 e. The molecule has 0 spiro atoms. The first-order chi connectivity index (χ1) is 18.1. The number of fused-ring (bicyclic) bond motifs is 3. The summed E-state index contributed by atoms with van der Waals surface area (Å²) in [7, 11) is 0. The maximum absolute atomic E-state index is 14.2. The molecule has 11 heteroatoms. The summed E-state index contributed by atoms with van der Waals surface area (Å²) in [6.45, 7) is 8.21. The summed E-state index contributed by atoms with van der Waals surface area (Å²) < 4.78 is 21.2. The maximum atomic E-state index is 14.2. The fourth-order valence-electron chi connectivity index (χ4n) is 4.52. The minimum atomic E-state index is -0.536. The van der Waals surface area contributed by atoms with E-state index in [-0.39, 0.29) is 35.7 Å². The smallest absolute Gasteiger partial charge is 0.410 e. The lowest BCUT2D eigenvalue weighted by Gasteiger charge is -2.37. The van der Waals surface area contributed by atoms with Gasteiger partial charge in [-0.1, -0.05) is 24.3 Å². The summed E-state index contributed by atoms with van der Waals surface area (Å²) in [5, 5.41) is 3.39. The van der Waals surface area contributed by atoms with Gasteiger partial charge < -0.3 is 25.6 Å². The van der Waals surface area contributed by atoms with Crippen molar-refractivity contribution < 1.29 is 18.7 Å². The predicted octanol–water partition coefficient (Wildman–Crippen LogP) is 3.59. The van der Waals surface area contributed by atoms with Gasteiger partial charge >= 0.3 is 6.09 Å². The highest BCUT2D eigenvalue weighted by Crippen LogP contribution is 2.24. The van der Waals surface area contributed by atoms with Crippen LogP contribution in [0.25, 0.3) is 16.6 Å². The molecule has 0 saturated carbocycles.